The Labute approximate surface area is 180 Å². The summed E-state index contributed by atoms with van der Waals surface area (Å²) in [4.78, 5) is 6.58. The Morgan fingerprint density at radius 1 is 1.19 bits per heavy atom. The monoisotopic (exact) mass is 484 g/mol. The van der Waals surface area contributed by atoms with Crippen molar-refractivity contribution in [2.24, 2.45) is 12.0 Å². The summed E-state index contributed by atoms with van der Waals surface area (Å²) in [5.74, 6) is 1.20. The van der Waals surface area contributed by atoms with Gasteiger partial charge in [-0.05, 0) is 26.6 Å². The smallest absolute Gasteiger partial charge is 0.191 e. The third kappa shape index (κ3) is 6.80. The van der Waals surface area contributed by atoms with E-state index in [4.69, 9.17) is 0 Å². The van der Waals surface area contributed by atoms with Gasteiger partial charge in [-0.2, -0.15) is 5.10 Å². The van der Waals surface area contributed by atoms with Gasteiger partial charge in [0.15, 0.2) is 5.96 Å². The van der Waals surface area contributed by atoms with E-state index in [1.807, 2.05) is 25.0 Å². The number of aliphatic imine (C=N–C) groups is 1. The molecule has 0 radical (unpaired) electrons. The minimum atomic E-state index is 0. The molecule has 0 aliphatic carbocycles. The van der Waals surface area contributed by atoms with Crippen molar-refractivity contribution < 1.29 is 0 Å². The number of rotatable bonds is 7. The van der Waals surface area contributed by atoms with E-state index in [9.17, 15) is 0 Å². The Morgan fingerprint density at radius 2 is 1.85 bits per heavy atom. The summed E-state index contributed by atoms with van der Waals surface area (Å²) in [5.41, 5.74) is 2.51. The highest BCUT2D eigenvalue weighted by atomic mass is 127. The van der Waals surface area contributed by atoms with Gasteiger partial charge in [-0.3, -0.25) is 9.67 Å². The second-order valence-corrected chi connectivity index (χ2v) is 7.01. The highest BCUT2D eigenvalue weighted by molar-refractivity contribution is 14.0. The Morgan fingerprint density at radius 3 is 2.37 bits per heavy atom. The molecule has 0 spiro atoms. The van der Waals surface area contributed by atoms with Crippen molar-refractivity contribution in [2.45, 2.75) is 31.8 Å². The summed E-state index contributed by atoms with van der Waals surface area (Å²) in [7, 11) is 7.91. The van der Waals surface area contributed by atoms with Crippen molar-refractivity contribution in [3.05, 3.63) is 53.9 Å². The molecule has 0 saturated carbocycles. The van der Waals surface area contributed by atoms with Crippen LogP contribution < -0.4 is 10.6 Å². The quantitative estimate of drug-likeness (QED) is 0.361. The molecule has 0 bridgehead atoms. The van der Waals surface area contributed by atoms with Crippen LogP contribution in [0.2, 0.25) is 0 Å². The SMILES string of the molecule is CN=C(NCC(c1cnn(C)c1)N(C)C)NC(C)C(C)c1ccccc1.I. The molecule has 150 valence electrons. The molecular weight excluding hydrogens is 451 g/mol. The predicted octanol–water partition coefficient (Wildman–Crippen LogP) is 3.00. The minimum Gasteiger partial charge on any atom is -0.354 e. The lowest BCUT2D eigenvalue weighted by molar-refractivity contribution is 0.297. The number of nitrogens with zero attached hydrogens (tertiary/aromatic N) is 4. The van der Waals surface area contributed by atoms with E-state index in [1.165, 1.54) is 11.1 Å². The van der Waals surface area contributed by atoms with Gasteiger partial charge in [0.25, 0.3) is 0 Å². The third-order valence-corrected chi connectivity index (χ3v) is 4.86. The zero-order valence-electron chi connectivity index (χ0n) is 17.2. The summed E-state index contributed by atoms with van der Waals surface area (Å²) in [5, 5.41) is 11.3. The average Bonchev–Trinajstić information content (AvgIpc) is 3.06. The van der Waals surface area contributed by atoms with Gasteiger partial charge in [0.2, 0.25) is 0 Å². The van der Waals surface area contributed by atoms with Crippen LogP contribution in [0, 0.1) is 0 Å². The molecule has 2 N–H and O–H groups in total. The van der Waals surface area contributed by atoms with Crippen LogP contribution in [-0.2, 0) is 7.05 Å². The Hall–Kier alpha value is -1.61. The summed E-state index contributed by atoms with van der Waals surface area (Å²) in [6, 6.07) is 11.0. The first-order valence-electron chi connectivity index (χ1n) is 9.09. The van der Waals surface area contributed by atoms with E-state index < -0.39 is 0 Å². The summed E-state index contributed by atoms with van der Waals surface area (Å²) in [6.45, 7) is 5.18. The second-order valence-electron chi connectivity index (χ2n) is 7.01. The number of hydrogen-bond acceptors (Lipinski definition) is 3. The van der Waals surface area contributed by atoms with E-state index in [0.29, 0.717) is 5.92 Å². The normalized spacial score (nSPS) is 15.0. The summed E-state index contributed by atoms with van der Waals surface area (Å²) in [6.07, 6.45) is 3.98. The lowest BCUT2D eigenvalue weighted by Crippen LogP contribution is -2.46. The molecule has 0 aliphatic rings. The van der Waals surface area contributed by atoms with Crippen LogP contribution in [0.25, 0.3) is 0 Å². The Balaban J connectivity index is 0.00000364. The van der Waals surface area contributed by atoms with Gasteiger partial charge in [-0.15, -0.1) is 24.0 Å². The number of benzene rings is 1. The largest absolute Gasteiger partial charge is 0.354 e. The Kier molecular flexibility index (Phi) is 9.79. The number of aromatic nitrogens is 2. The van der Waals surface area contributed by atoms with E-state index in [1.54, 1.807) is 0 Å². The first-order chi connectivity index (χ1) is 12.4. The number of halogens is 1. The van der Waals surface area contributed by atoms with Crippen LogP contribution in [0.5, 0.6) is 0 Å². The zero-order valence-corrected chi connectivity index (χ0v) is 19.5. The van der Waals surface area contributed by atoms with Crippen molar-refractivity contribution in [3.8, 4) is 0 Å². The molecule has 3 unspecified atom stereocenters. The maximum absolute atomic E-state index is 4.39. The second kappa shape index (κ2) is 11.3. The average molecular weight is 484 g/mol. The number of aryl methyl sites for hydroxylation is 1. The van der Waals surface area contributed by atoms with Gasteiger partial charge in [0.1, 0.15) is 0 Å². The molecular formula is C20H33IN6. The summed E-state index contributed by atoms with van der Waals surface area (Å²) < 4.78 is 1.84. The Bertz CT molecular complexity index is 698. The number of guanidine groups is 1. The van der Waals surface area contributed by atoms with Crippen LogP contribution >= 0.6 is 24.0 Å². The third-order valence-electron chi connectivity index (χ3n) is 4.86. The van der Waals surface area contributed by atoms with Gasteiger partial charge in [0, 0.05) is 44.4 Å². The summed E-state index contributed by atoms with van der Waals surface area (Å²) >= 11 is 0. The fourth-order valence-electron chi connectivity index (χ4n) is 2.98. The molecule has 1 aromatic carbocycles. The van der Waals surface area contributed by atoms with E-state index in [0.717, 1.165) is 12.5 Å². The molecule has 0 fully saturated rings. The highest BCUT2D eigenvalue weighted by Crippen LogP contribution is 2.19. The molecule has 6 nitrogen and oxygen atoms in total. The zero-order chi connectivity index (χ0) is 19.1. The molecule has 0 amide bonds. The fourth-order valence-corrected chi connectivity index (χ4v) is 2.98. The molecule has 1 aromatic heterocycles. The molecule has 2 aromatic rings. The predicted molar refractivity (Wildman–Crippen MR) is 124 cm³/mol. The van der Waals surface area contributed by atoms with E-state index in [-0.39, 0.29) is 36.1 Å². The van der Waals surface area contributed by atoms with Crippen molar-refractivity contribution in [3.63, 3.8) is 0 Å². The molecule has 7 heteroatoms. The van der Waals surface area contributed by atoms with Gasteiger partial charge in [0.05, 0.1) is 12.2 Å². The molecule has 27 heavy (non-hydrogen) atoms. The van der Waals surface area contributed by atoms with Gasteiger partial charge >= 0.3 is 0 Å². The van der Waals surface area contributed by atoms with Crippen LogP contribution in [0.3, 0.4) is 0 Å². The van der Waals surface area contributed by atoms with E-state index >= 15 is 0 Å². The van der Waals surface area contributed by atoms with Gasteiger partial charge < -0.3 is 15.5 Å². The maximum atomic E-state index is 4.39. The molecule has 3 atom stereocenters. The number of likely N-dealkylation sites (N-methyl/N-ethyl adjacent to an activating group) is 1. The topological polar surface area (TPSA) is 57.5 Å². The van der Waals surface area contributed by atoms with Crippen molar-refractivity contribution in [1.29, 1.82) is 0 Å². The first kappa shape index (κ1) is 23.4. The maximum Gasteiger partial charge on any atom is 0.191 e. The van der Waals surface area contributed by atoms with Crippen LogP contribution in [0.1, 0.15) is 36.9 Å². The van der Waals surface area contributed by atoms with Crippen molar-refractivity contribution in [1.82, 2.24) is 25.3 Å². The van der Waals surface area contributed by atoms with Crippen LogP contribution in [-0.4, -0.2) is 54.4 Å². The number of hydrogen-bond donors (Lipinski definition) is 2. The molecule has 2 rings (SSSR count). The van der Waals surface area contributed by atoms with E-state index in [2.05, 4.69) is 90.1 Å². The van der Waals surface area contributed by atoms with Gasteiger partial charge in [-0.1, -0.05) is 37.3 Å². The van der Waals surface area contributed by atoms with Gasteiger partial charge in [-0.25, -0.2) is 0 Å². The molecule has 0 aliphatic heterocycles. The molecule has 0 saturated heterocycles. The highest BCUT2D eigenvalue weighted by Gasteiger charge is 2.18. The lowest BCUT2D eigenvalue weighted by atomic mass is 9.94. The fraction of sp³-hybridized carbons (Fsp3) is 0.500. The van der Waals surface area contributed by atoms with Crippen LogP contribution in [0.4, 0.5) is 0 Å². The molecule has 1 heterocycles. The van der Waals surface area contributed by atoms with Crippen LogP contribution in [0.15, 0.2) is 47.7 Å². The van der Waals surface area contributed by atoms with Crippen molar-refractivity contribution >= 4 is 29.9 Å². The number of nitrogens with one attached hydrogen (secondary N) is 2. The lowest BCUT2D eigenvalue weighted by Gasteiger charge is -2.27. The van der Waals surface area contributed by atoms with Crippen molar-refractivity contribution in [2.75, 3.05) is 27.7 Å². The first-order valence-corrected chi connectivity index (χ1v) is 9.09. The minimum absolute atomic E-state index is 0. The standard InChI is InChI=1S/C20H32N6.HI/c1-15(17-10-8-7-9-11-17)16(2)24-20(21-3)22-13-19(25(4)5)18-12-23-26(6)14-18;/h7-12,14-16,19H,13H2,1-6H3,(H2,21,22,24);1H.